The summed E-state index contributed by atoms with van der Waals surface area (Å²) in [6, 6.07) is 4.43. The van der Waals surface area contributed by atoms with Gasteiger partial charge in [0.25, 0.3) is 0 Å². The Morgan fingerprint density at radius 2 is 1.72 bits per heavy atom. The number of hydrogen-bond acceptors (Lipinski definition) is 4. The molecule has 2 amide bonds. The number of anilines is 1. The van der Waals surface area contributed by atoms with E-state index in [0.717, 1.165) is 44.1 Å². The topological polar surface area (TPSA) is 86.8 Å². The third kappa shape index (κ3) is 3.92. The van der Waals surface area contributed by atoms with Gasteiger partial charge in [0, 0.05) is 38.2 Å². The van der Waals surface area contributed by atoms with Gasteiger partial charge in [0.15, 0.2) is 0 Å². The molecule has 1 atom stereocenters. The number of rotatable bonds is 4. The molecule has 1 N–H and O–H groups in total. The summed E-state index contributed by atoms with van der Waals surface area (Å²) in [5, 5.41) is 3.11. The van der Waals surface area contributed by atoms with E-state index >= 15 is 0 Å². The molecule has 1 saturated heterocycles. The van der Waals surface area contributed by atoms with Crippen molar-refractivity contribution >= 4 is 27.5 Å². The summed E-state index contributed by atoms with van der Waals surface area (Å²) in [7, 11) is -3.53. The van der Waals surface area contributed by atoms with E-state index in [1.54, 1.807) is 18.2 Å². The maximum absolute atomic E-state index is 13.0. The second kappa shape index (κ2) is 8.07. The van der Waals surface area contributed by atoms with Gasteiger partial charge in [-0.25, -0.2) is 8.42 Å². The molecule has 0 unspecified atom stereocenters. The second-order valence-corrected chi connectivity index (χ2v) is 10.3. The van der Waals surface area contributed by atoms with Crippen molar-refractivity contribution < 1.29 is 18.0 Å². The van der Waals surface area contributed by atoms with Crippen LogP contribution < -0.4 is 10.2 Å². The van der Waals surface area contributed by atoms with Gasteiger partial charge < -0.3 is 5.32 Å². The molecule has 0 bridgehead atoms. The average molecular weight is 420 g/mol. The average Bonchev–Trinajstić information content (AvgIpc) is 3.36. The zero-order valence-electron chi connectivity index (χ0n) is 16.9. The highest BCUT2D eigenvalue weighted by Crippen LogP contribution is 2.35. The molecule has 29 heavy (non-hydrogen) atoms. The Labute approximate surface area is 172 Å². The lowest BCUT2D eigenvalue weighted by Crippen LogP contribution is -2.50. The number of carbonyl (C=O) groups excluding carboxylic acids is 2. The summed E-state index contributed by atoms with van der Waals surface area (Å²) in [6.45, 7) is 2.54. The van der Waals surface area contributed by atoms with Crippen LogP contribution >= 0.6 is 0 Å². The third-order valence-corrected chi connectivity index (χ3v) is 8.23. The lowest BCUT2D eigenvalue weighted by molar-refractivity contribution is -0.126. The Hall–Kier alpha value is -1.93. The highest BCUT2D eigenvalue weighted by Gasteiger charge is 2.39. The van der Waals surface area contributed by atoms with Gasteiger partial charge in [0.05, 0.1) is 4.90 Å². The van der Waals surface area contributed by atoms with Gasteiger partial charge in [-0.3, -0.25) is 14.5 Å². The van der Waals surface area contributed by atoms with Crippen LogP contribution in [0.15, 0.2) is 23.1 Å². The van der Waals surface area contributed by atoms with Crippen LogP contribution in [-0.4, -0.2) is 49.7 Å². The van der Waals surface area contributed by atoms with Crippen LogP contribution in [-0.2, 0) is 26.0 Å². The predicted molar refractivity (Wildman–Crippen MR) is 110 cm³/mol. The first kappa shape index (κ1) is 20.3. The Kier molecular flexibility index (Phi) is 5.66. The smallest absolute Gasteiger partial charge is 0.243 e. The molecule has 8 heteroatoms. The van der Waals surface area contributed by atoms with Crippen LogP contribution in [0.25, 0.3) is 0 Å². The lowest BCUT2D eigenvalue weighted by Gasteiger charge is -2.28. The van der Waals surface area contributed by atoms with Gasteiger partial charge in [-0.15, -0.1) is 0 Å². The Morgan fingerprint density at radius 3 is 2.38 bits per heavy atom. The van der Waals surface area contributed by atoms with Crippen LogP contribution in [0, 0.1) is 0 Å². The van der Waals surface area contributed by atoms with Crippen LogP contribution in [0.5, 0.6) is 0 Å². The van der Waals surface area contributed by atoms with Crippen molar-refractivity contribution in [2.24, 2.45) is 0 Å². The fourth-order valence-corrected chi connectivity index (χ4v) is 6.38. The van der Waals surface area contributed by atoms with Crippen molar-refractivity contribution in [2.45, 2.75) is 75.3 Å². The highest BCUT2D eigenvalue weighted by molar-refractivity contribution is 7.89. The molecular formula is C21H29N3O4S. The van der Waals surface area contributed by atoms with Gasteiger partial charge >= 0.3 is 0 Å². The minimum Gasteiger partial charge on any atom is -0.352 e. The SMILES string of the molecule is CC(=O)N1c2ccc(S(=O)(=O)N3CCCC3)cc2C[C@@H]1C(=O)NC1CCCCC1. The number of fused-ring (bicyclic) bond motifs is 1. The van der Waals surface area contributed by atoms with Gasteiger partial charge in [0.1, 0.15) is 6.04 Å². The Bertz CT molecular complexity index is 903. The van der Waals surface area contributed by atoms with Gasteiger partial charge in [0.2, 0.25) is 21.8 Å². The highest BCUT2D eigenvalue weighted by atomic mass is 32.2. The zero-order chi connectivity index (χ0) is 20.6. The number of hydrogen-bond donors (Lipinski definition) is 1. The molecular weight excluding hydrogens is 390 g/mol. The molecule has 0 spiro atoms. The first-order valence-corrected chi connectivity index (χ1v) is 12.0. The number of nitrogens with one attached hydrogen (secondary N) is 1. The van der Waals surface area contributed by atoms with Crippen LogP contribution in [0.2, 0.25) is 0 Å². The Morgan fingerprint density at radius 1 is 1.03 bits per heavy atom. The zero-order valence-corrected chi connectivity index (χ0v) is 17.7. The number of benzene rings is 1. The van der Waals surface area contributed by atoms with Crippen LogP contribution in [0.3, 0.4) is 0 Å². The van der Waals surface area contributed by atoms with Crippen molar-refractivity contribution in [1.82, 2.24) is 9.62 Å². The monoisotopic (exact) mass is 419 g/mol. The van der Waals surface area contributed by atoms with Crippen molar-refractivity contribution in [2.75, 3.05) is 18.0 Å². The van der Waals surface area contributed by atoms with E-state index in [1.807, 2.05) is 0 Å². The van der Waals surface area contributed by atoms with E-state index < -0.39 is 16.1 Å². The van der Waals surface area contributed by atoms with Gasteiger partial charge in [-0.05, 0) is 49.4 Å². The van der Waals surface area contributed by atoms with Crippen molar-refractivity contribution in [1.29, 1.82) is 0 Å². The van der Waals surface area contributed by atoms with E-state index in [4.69, 9.17) is 0 Å². The predicted octanol–water partition coefficient (Wildman–Crippen LogP) is 2.20. The lowest BCUT2D eigenvalue weighted by atomic mass is 9.95. The van der Waals surface area contributed by atoms with E-state index in [2.05, 4.69) is 5.32 Å². The number of carbonyl (C=O) groups is 2. The van der Waals surface area contributed by atoms with Crippen molar-refractivity contribution in [3.63, 3.8) is 0 Å². The molecule has 1 saturated carbocycles. The summed E-state index contributed by atoms with van der Waals surface area (Å²) in [6.07, 6.45) is 7.49. The van der Waals surface area contributed by atoms with Crippen LogP contribution in [0.1, 0.15) is 57.4 Å². The quantitative estimate of drug-likeness (QED) is 0.811. The largest absolute Gasteiger partial charge is 0.352 e. The van der Waals surface area contributed by atoms with E-state index in [0.29, 0.717) is 25.2 Å². The van der Waals surface area contributed by atoms with Gasteiger partial charge in [-0.1, -0.05) is 19.3 Å². The molecule has 1 aliphatic carbocycles. The molecule has 1 aromatic rings. The second-order valence-electron chi connectivity index (χ2n) is 8.35. The molecule has 1 aromatic carbocycles. The summed E-state index contributed by atoms with van der Waals surface area (Å²) in [5.74, 6) is -0.352. The molecule has 3 aliphatic rings. The maximum atomic E-state index is 13.0. The molecule has 0 aromatic heterocycles. The fourth-order valence-electron chi connectivity index (χ4n) is 4.81. The molecule has 158 valence electrons. The third-order valence-electron chi connectivity index (χ3n) is 6.33. The molecule has 2 aliphatic heterocycles. The maximum Gasteiger partial charge on any atom is 0.243 e. The van der Waals surface area contributed by atoms with Crippen molar-refractivity contribution in [3.05, 3.63) is 23.8 Å². The standard InChI is InChI=1S/C21H29N3O4S/c1-15(25)24-19-10-9-18(29(27,28)23-11-5-6-12-23)13-16(19)14-20(24)21(26)22-17-7-3-2-4-8-17/h9-10,13,17,20H,2-8,11-12,14H2,1H3,(H,22,26)/t20-/m1/s1. The summed E-state index contributed by atoms with van der Waals surface area (Å²) in [5.41, 5.74) is 1.38. The molecule has 2 fully saturated rings. The molecule has 4 rings (SSSR count). The van der Waals surface area contributed by atoms with Crippen molar-refractivity contribution in [3.8, 4) is 0 Å². The minimum absolute atomic E-state index is 0.146. The van der Waals surface area contributed by atoms with E-state index in [1.165, 1.54) is 22.5 Å². The fraction of sp³-hybridized carbons (Fsp3) is 0.619. The van der Waals surface area contributed by atoms with E-state index in [-0.39, 0.29) is 22.8 Å². The van der Waals surface area contributed by atoms with Crippen LogP contribution in [0.4, 0.5) is 5.69 Å². The molecule has 7 nitrogen and oxygen atoms in total. The summed E-state index contributed by atoms with van der Waals surface area (Å²) in [4.78, 5) is 27.0. The normalized spacial score (nSPS) is 23.2. The minimum atomic E-state index is -3.53. The van der Waals surface area contributed by atoms with E-state index in [9.17, 15) is 18.0 Å². The number of amides is 2. The first-order chi connectivity index (χ1) is 13.9. The molecule has 2 heterocycles. The summed E-state index contributed by atoms with van der Waals surface area (Å²) >= 11 is 0. The van der Waals surface area contributed by atoms with Gasteiger partial charge in [-0.2, -0.15) is 4.31 Å². The number of nitrogens with zero attached hydrogens (tertiary/aromatic N) is 2. The number of sulfonamides is 1. The Balaban J connectivity index is 1.57. The first-order valence-electron chi connectivity index (χ1n) is 10.6. The molecule has 0 radical (unpaired) electrons. The summed E-state index contributed by atoms with van der Waals surface area (Å²) < 4.78 is 27.3.